The van der Waals surface area contributed by atoms with Crippen molar-refractivity contribution >= 4 is 22.5 Å². The van der Waals surface area contributed by atoms with Crippen LogP contribution in [-0.2, 0) is 4.79 Å². The van der Waals surface area contributed by atoms with Crippen LogP contribution in [0, 0.1) is 17.2 Å². The minimum atomic E-state index is -0.199. The molecule has 2 saturated heterocycles. The van der Waals surface area contributed by atoms with Crippen LogP contribution in [-0.4, -0.2) is 58.5 Å². The van der Waals surface area contributed by atoms with Gasteiger partial charge < -0.3 is 10.2 Å². The van der Waals surface area contributed by atoms with Crippen molar-refractivity contribution < 1.29 is 4.79 Å². The Bertz CT molecular complexity index is 925. The minimum Gasteiger partial charge on any atom is -0.382 e. The summed E-state index contributed by atoms with van der Waals surface area (Å²) in [5, 5.41) is 14.1. The standard InChI is InChI=1S/C22H25N5O/c23-13-17-11-15-12-21(15)27(17)22(28)14-26-9-6-16(7-10-26)25-20-5-8-24-19-4-2-1-3-18(19)20/h1-5,8,15-17,21H,6-7,9-12,14H2,(H,24,25)/t15?,17?,21-/m0/s1. The summed E-state index contributed by atoms with van der Waals surface area (Å²) in [7, 11) is 0. The summed E-state index contributed by atoms with van der Waals surface area (Å²) in [4.78, 5) is 21.3. The largest absolute Gasteiger partial charge is 0.382 e. The summed E-state index contributed by atoms with van der Waals surface area (Å²) in [5.41, 5.74) is 2.14. The number of nitrogens with one attached hydrogen (secondary N) is 1. The number of hydrogen-bond acceptors (Lipinski definition) is 5. The van der Waals surface area contributed by atoms with E-state index in [9.17, 15) is 10.1 Å². The number of amides is 1. The van der Waals surface area contributed by atoms with Crippen LogP contribution in [0.3, 0.4) is 0 Å². The average molecular weight is 375 g/mol. The fourth-order valence-electron chi connectivity index (χ4n) is 4.88. The molecule has 1 saturated carbocycles. The summed E-state index contributed by atoms with van der Waals surface area (Å²) >= 11 is 0. The van der Waals surface area contributed by atoms with Gasteiger partial charge in [-0.1, -0.05) is 18.2 Å². The van der Waals surface area contributed by atoms with Crippen molar-refractivity contribution in [3.8, 4) is 6.07 Å². The lowest BCUT2D eigenvalue weighted by molar-refractivity contribution is -0.133. The number of piperidine rings is 2. The third-order valence-electron chi connectivity index (χ3n) is 6.50. The van der Waals surface area contributed by atoms with Crippen LogP contribution in [0.1, 0.15) is 25.7 Å². The van der Waals surface area contributed by atoms with Crippen molar-refractivity contribution in [1.29, 1.82) is 5.26 Å². The summed E-state index contributed by atoms with van der Waals surface area (Å²) in [5.74, 6) is 0.724. The van der Waals surface area contributed by atoms with E-state index in [-0.39, 0.29) is 11.9 Å². The van der Waals surface area contributed by atoms with Crippen molar-refractivity contribution in [3.63, 3.8) is 0 Å². The molecule has 5 rings (SSSR count). The molecule has 144 valence electrons. The Morgan fingerprint density at radius 1 is 1.21 bits per heavy atom. The molecule has 3 atom stereocenters. The first-order chi connectivity index (χ1) is 13.7. The minimum absolute atomic E-state index is 0.142. The zero-order valence-electron chi connectivity index (χ0n) is 15.9. The van der Waals surface area contributed by atoms with E-state index in [1.807, 2.05) is 35.4 Å². The van der Waals surface area contributed by atoms with Gasteiger partial charge in [0.25, 0.3) is 0 Å². The van der Waals surface area contributed by atoms with Gasteiger partial charge in [-0.3, -0.25) is 14.7 Å². The number of anilines is 1. The number of likely N-dealkylation sites (tertiary alicyclic amines) is 2. The quantitative estimate of drug-likeness (QED) is 0.889. The summed E-state index contributed by atoms with van der Waals surface area (Å²) in [6.45, 7) is 2.27. The Balaban J connectivity index is 1.17. The number of benzene rings is 1. The van der Waals surface area contributed by atoms with Crippen LogP contribution in [0.5, 0.6) is 0 Å². The molecule has 6 nitrogen and oxygen atoms in total. The third-order valence-corrected chi connectivity index (χ3v) is 6.50. The molecule has 1 N–H and O–H groups in total. The highest BCUT2D eigenvalue weighted by Crippen LogP contribution is 2.47. The first-order valence-electron chi connectivity index (χ1n) is 10.3. The van der Waals surface area contributed by atoms with Crippen LogP contribution in [0.2, 0.25) is 0 Å². The number of pyridine rings is 1. The number of aromatic nitrogens is 1. The molecule has 0 radical (unpaired) electrons. The average Bonchev–Trinajstić information content (AvgIpc) is 3.39. The fourth-order valence-corrected chi connectivity index (χ4v) is 4.88. The highest BCUT2D eigenvalue weighted by atomic mass is 16.2. The monoisotopic (exact) mass is 375 g/mol. The van der Waals surface area contributed by atoms with E-state index in [1.54, 1.807) is 0 Å². The highest BCUT2D eigenvalue weighted by Gasteiger charge is 2.54. The Morgan fingerprint density at radius 3 is 2.86 bits per heavy atom. The topological polar surface area (TPSA) is 72.3 Å². The first-order valence-corrected chi connectivity index (χ1v) is 10.3. The molecule has 6 heteroatoms. The number of carbonyl (C=O) groups is 1. The van der Waals surface area contributed by atoms with E-state index in [2.05, 4.69) is 27.3 Å². The second-order valence-corrected chi connectivity index (χ2v) is 8.32. The molecule has 3 heterocycles. The molecule has 0 spiro atoms. The molecular formula is C22H25N5O. The molecular weight excluding hydrogens is 350 g/mol. The van der Waals surface area contributed by atoms with Crippen LogP contribution < -0.4 is 5.32 Å². The Morgan fingerprint density at radius 2 is 2.04 bits per heavy atom. The molecule has 3 aliphatic rings. The van der Waals surface area contributed by atoms with E-state index >= 15 is 0 Å². The molecule has 2 aliphatic heterocycles. The molecule has 1 amide bonds. The summed E-state index contributed by atoms with van der Waals surface area (Å²) < 4.78 is 0. The number of carbonyl (C=O) groups excluding carboxylic acids is 1. The number of para-hydroxylation sites is 1. The van der Waals surface area contributed by atoms with Crippen molar-refractivity contribution in [2.24, 2.45) is 5.92 Å². The number of nitrogens with zero attached hydrogens (tertiary/aromatic N) is 4. The fraction of sp³-hybridized carbons (Fsp3) is 0.500. The van der Waals surface area contributed by atoms with Gasteiger partial charge in [-0.05, 0) is 43.7 Å². The molecule has 1 aromatic carbocycles. The van der Waals surface area contributed by atoms with Crippen molar-refractivity contribution in [2.75, 3.05) is 25.0 Å². The van der Waals surface area contributed by atoms with E-state index in [0.717, 1.165) is 55.4 Å². The normalized spacial score (nSPS) is 27.4. The van der Waals surface area contributed by atoms with Gasteiger partial charge in [0.05, 0.1) is 18.1 Å². The van der Waals surface area contributed by atoms with Crippen LogP contribution in [0.4, 0.5) is 5.69 Å². The van der Waals surface area contributed by atoms with Crippen LogP contribution in [0.25, 0.3) is 10.9 Å². The van der Waals surface area contributed by atoms with Crippen LogP contribution >= 0.6 is 0 Å². The van der Waals surface area contributed by atoms with Gasteiger partial charge in [-0.2, -0.15) is 5.26 Å². The molecule has 2 unspecified atom stereocenters. The number of hydrogen-bond donors (Lipinski definition) is 1. The molecule has 1 aliphatic carbocycles. The number of fused-ring (bicyclic) bond motifs is 2. The Hall–Kier alpha value is -2.65. The predicted octanol–water partition coefficient (Wildman–Crippen LogP) is 2.62. The van der Waals surface area contributed by atoms with Crippen molar-refractivity contribution in [1.82, 2.24) is 14.8 Å². The van der Waals surface area contributed by atoms with Crippen LogP contribution in [0.15, 0.2) is 36.5 Å². The smallest absolute Gasteiger partial charge is 0.238 e. The van der Waals surface area contributed by atoms with E-state index in [1.165, 1.54) is 0 Å². The Kier molecular flexibility index (Phi) is 4.40. The second kappa shape index (κ2) is 7.06. The number of nitriles is 1. The predicted molar refractivity (Wildman–Crippen MR) is 108 cm³/mol. The zero-order chi connectivity index (χ0) is 19.1. The van der Waals surface area contributed by atoms with Crippen molar-refractivity contribution in [2.45, 2.75) is 43.8 Å². The zero-order valence-corrected chi connectivity index (χ0v) is 15.9. The van der Waals surface area contributed by atoms with E-state index in [4.69, 9.17) is 0 Å². The molecule has 1 aromatic heterocycles. The lowest BCUT2D eigenvalue weighted by atomic mass is 10.0. The first kappa shape index (κ1) is 17.4. The second-order valence-electron chi connectivity index (χ2n) is 8.32. The maximum Gasteiger partial charge on any atom is 0.238 e. The Labute approximate surface area is 165 Å². The highest BCUT2D eigenvalue weighted by molar-refractivity contribution is 5.91. The number of rotatable bonds is 4. The van der Waals surface area contributed by atoms with Crippen molar-refractivity contribution in [3.05, 3.63) is 36.5 Å². The van der Waals surface area contributed by atoms with Gasteiger partial charge in [-0.25, -0.2) is 0 Å². The molecule has 2 aromatic rings. The maximum atomic E-state index is 12.7. The van der Waals surface area contributed by atoms with Gasteiger partial charge in [-0.15, -0.1) is 0 Å². The molecule has 0 bridgehead atoms. The summed E-state index contributed by atoms with van der Waals surface area (Å²) in [6, 6.07) is 13.1. The summed E-state index contributed by atoms with van der Waals surface area (Å²) in [6.07, 6.45) is 5.84. The SMILES string of the molecule is N#CC1CC2C[C@@H]2N1C(=O)CN1CCC(Nc2ccnc3ccccc23)CC1. The lowest BCUT2D eigenvalue weighted by Crippen LogP contribution is -2.47. The molecule has 3 fully saturated rings. The third kappa shape index (κ3) is 3.20. The molecule has 28 heavy (non-hydrogen) atoms. The van der Waals surface area contributed by atoms with Gasteiger partial charge >= 0.3 is 0 Å². The lowest BCUT2D eigenvalue weighted by Gasteiger charge is -2.34. The van der Waals surface area contributed by atoms with E-state index in [0.29, 0.717) is 24.5 Å². The maximum absolute atomic E-state index is 12.7. The van der Waals surface area contributed by atoms with Gasteiger partial charge in [0, 0.05) is 42.4 Å². The van der Waals surface area contributed by atoms with Gasteiger partial charge in [0.2, 0.25) is 5.91 Å². The van der Waals surface area contributed by atoms with Gasteiger partial charge in [0.1, 0.15) is 6.04 Å². The van der Waals surface area contributed by atoms with Gasteiger partial charge in [0.15, 0.2) is 0 Å². The van der Waals surface area contributed by atoms with E-state index < -0.39 is 0 Å².